The summed E-state index contributed by atoms with van der Waals surface area (Å²) in [6.07, 6.45) is 2.11. The normalized spacial score (nSPS) is 17.4. The number of methoxy groups -OCH3 is 1. The number of benzene rings is 1. The van der Waals surface area contributed by atoms with Gasteiger partial charge in [-0.15, -0.1) is 0 Å². The molecule has 0 saturated carbocycles. The molecule has 0 atom stereocenters. The van der Waals surface area contributed by atoms with Crippen molar-refractivity contribution in [3.63, 3.8) is 0 Å². The molecule has 0 aliphatic carbocycles. The van der Waals surface area contributed by atoms with Gasteiger partial charge in [-0.05, 0) is 31.0 Å². The van der Waals surface area contributed by atoms with Crippen LogP contribution in [0.1, 0.15) is 12.8 Å². The number of anilines is 2. The first-order valence-corrected chi connectivity index (χ1v) is 8.40. The van der Waals surface area contributed by atoms with Crippen molar-refractivity contribution in [3.8, 4) is 0 Å². The quantitative estimate of drug-likeness (QED) is 0.844. The van der Waals surface area contributed by atoms with Crippen LogP contribution in [0.3, 0.4) is 0 Å². The Labute approximate surface area is 126 Å². The van der Waals surface area contributed by atoms with E-state index >= 15 is 0 Å². The summed E-state index contributed by atoms with van der Waals surface area (Å²) in [5.74, 6) is 0. The van der Waals surface area contributed by atoms with Gasteiger partial charge < -0.3 is 15.4 Å². The third kappa shape index (κ3) is 3.30. The maximum Gasteiger partial charge on any atom is 0.242 e. The minimum absolute atomic E-state index is 0.269. The lowest BCUT2D eigenvalue weighted by Gasteiger charge is -2.33. The highest BCUT2D eigenvalue weighted by atomic mass is 32.2. The second-order valence-corrected chi connectivity index (χ2v) is 7.58. The van der Waals surface area contributed by atoms with Crippen LogP contribution in [0.2, 0.25) is 0 Å². The van der Waals surface area contributed by atoms with E-state index in [1.807, 2.05) is 0 Å². The van der Waals surface area contributed by atoms with Crippen LogP contribution in [0.5, 0.6) is 0 Å². The minimum Gasteiger partial charge on any atom is -0.397 e. The van der Waals surface area contributed by atoms with Crippen molar-refractivity contribution in [3.05, 3.63) is 18.2 Å². The number of nitrogen functional groups attached to an aromatic ring is 1. The number of nitrogens with two attached hydrogens (primary N) is 1. The van der Waals surface area contributed by atoms with Crippen molar-refractivity contribution in [2.24, 2.45) is 0 Å². The van der Waals surface area contributed by atoms with Gasteiger partial charge in [0.2, 0.25) is 10.0 Å². The highest BCUT2D eigenvalue weighted by Gasteiger charge is 2.23. The number of hydrogen-bond donors (Lipinski definition) is 1. The summed E-state index contributed by atoms with van der Waals surface area (Å²) in [6.45, 7) is 1.63. The van der Waals surface area contributed by atoms with E-state index in [1.54, 1.807) is 25.3 Å². The van der Waals surface area contributed by atoms with Crippen LogP contribution in [-0.4, -0.2) is 53.1 Å². The average molecular weight is 313 g/mol. The molecule has 118 valence electrons. The summed E-state index contributed by atoms with van der Waals surface area (Å²) < 4.78 is 31.0. The molecule has 0 aromatic heterocycles. The van der Waals surface area contributed by atoms with Crippen molar-refractivity contribution in [1.29, 1.82) is 0 Å². The zero-order valence-electron chi connectivity index (χ0n) is 12.7. The third-order valence-electron chi connectivity index (χ3n) is 3.90. The summed E-state index contributed by atoms with van der Waals surface area (Å²) in [4.78, 5) is 2.39. The molecule has 1 saturated heterocycles. The molecule has 2 rings (SSSR count). The fourth-order valence-corrected chi connectivity index (χ4v) is 3.42. The van der Waals surface area contributed by atoms with Crippen LogP contribution < -0.4 is 10.6 Å². The Balaban J connectivity index is 2.29. The molecule has 21 heavy (non-hydrogen) atoms. The van der Waals surface area contributed by atoms with Gasteiger partial charge in [0.05, 0.1) is 22.4 Å². The van der Waals surface area contributed by atoms with E-state index in [0.717, 1.165) is 31.6 Å². The van der Waals surface area contributed by atoms with Gasteiger partial charge in [0.1, 0.15) is 0 Å². The van der Waals surface area contributed by atoms with Gasteiger partial charge in [0, 0.05) is 34.3 Å². The summed E-state index contributed by atoms with van der Waals surface area (Å²) in [5.41, 5.74) is 7.41. The summed E-state index contributed by atoms with van der Waals surface area (Å²) in [5, 5.41) is 0. The molecule has 0 radical (unpaired) electrons. The molecule has 1 aliphatic rings. The molecule has 1 aromatic carbocycles. The standard InChI is InChI=1S/C14H23N3O3S/c1-16(2)21(18,19)12-4-5-13(15)14(10-12)17-8-6-11(20-3)7-9-17/h4-5,10-11H,6-9,15H2,1-3H3. The summed E-state index contributed by atoms with van der Waals surface area (Å²) >= 11 is 0. The Morgan fingerprint density at radius 3 is 2.43 bits per heavy atom. The maximum absolute atomic E-state index is 12.2. The summed E-state index contributed by atoms with van der Waals surface area (Å²) in [6, 6.07) is 4.88. The van der Waals surface area contributed by atoms with Gasteiger partial charge >= 0.3 is 0 Å². The first-order valence-electron chi connectivity index (χ1n) is 6.96. The van der Waals surface area contributed by atoms with E-state index < -0.39 is 10.0 Å². The Hall–Kier alpha value is -1.31. The lowest BCUT2D eigenvalue weighted by molar-refractivity contribution is 0.0819. The molecule has 0 unspecified atom stereocenters. The number of hydrogen-bond acceptors (Lipinski definition) is 5. The first-order chi connectivity index (χ1) is 9.86. The van der Waals surface area contributed by atoms with Gasteiger partial charge in [0.15, 0.2) is 0 Å². The van der Waals surface area contributed by atoms with Crippen LogP contribution in [0, 0.1) is 0 Å². The van der Waals surface area contributed by atoms with Crippen molar-refractivity contribution in [1.82, 2.24) is 4.31 Å². The zero-order valence-corrected chi connectivity index (χ0v) is 13.6. The number of rotatable bonds is 4. The second-order valence-electron chi connectivity index (χ2n) is 5.43. The largest absolute Gasteiger partial charge is 0.397 e. The summed E-state index contributed by atoms with van der Waals surface area (Å²) in [7, 11) is 1.32. The highest BCUT2D eigenvalue weighted by Crippen LogP contribution is 2.30. The van der Waals surface area contributed by atoms with E-state index in [-0.39, 0.29) is 11.0 Å². The van der Waals surface area contributed by atoms with Crippen molar-refractivity contribution < 1.29 is 13.2 Å². The molecule has 1 aromatic rings. The van der Waals surface area contributed by atoms with E-state index in [4.69, 9.17) is 10.5 Å². The number of sulfonamides is 1. The first kappa shape index (κ1) is 16.1. The smallest absolute Gasteiger partial charge is 0.242 e. The highest BCUT2D eigenvalue weighted by molar-refractivity contribution is 7.89. The van der Waals surface area contributed by atoms with Gasteiger partial charge in [0.25, 0.3) is 0 Å². The van der Waals surface area contributed by atoms with Gasteiger partial charge in [-0.25, -0.2) is 12.7 Å². The maximum atomic E-state index is 12.2. The lowest BCUT2D eigenvalue weighted by atomic mass is 10.1. The van der Waals surface area contributed by atoms with Gasteiger partial charge in [-0.2, -0.15) is 0 Å². The molecule has 0 spiro atoms. The molecular formula is C14H23N3O3S. The number of piperidine rings is 1. The van der Waals surface area contributed by atoms with Crippen molar-refractivity contribution >= 4 is 21.4 Å². The fourth-order valence-electron chi connectivity index (χ4n) is 2.50. The van der Waals surface area contributed by atoms with Gasteiger partial charge in [-0.1, -0.05) is 0 Å². The van der Waals surface area contributed by atoms with Crippen LogP contribution in [0.15, 0.2) is 23.1 Å². The van der Waals surface area contributed by atoms with E-state index in [2.05, 4.69) is 4.90 Å². The van der Waals surface area contributed by atoms with Crippen LogP contribution in [0.25, 0.3) is 0 Å². The Morgan fingerprint density at radius 1 is 1.29 bits per heavy atom. The monoisotopic (exact) mass is 313 g/mol. The van der Waals surface area contributed by atoms with E-state index in [1.165, 1.54) is 18.4 Å². The molecular weight excluding hydrogens is 290 g/mol. The molecule has 1 fully saturated rings. The topological polar surface area (TPSA) is 75.9 Å². The third-order valence-corrected chi connectivity index (χ3v) is 5.71. The number of nitrogens with zero attached hydrogens (tertiary/aromatic N) is 2. The van der Waals surface area contributed by atoms with E-state index in [9.17, 15) is 8.42 Å². The van der Waals surface area contributed by atoms with Crippen LogP contribution in [0.4, 0.5) is 11.4 Å². The zero-order chi connectivity index (χ0) is 15.6. The molecule has 0 amide bonds. The lowest BCUT2D eigenvalue weighted by Crippen LogP contribution is -2.37. The SMILES string of the molecule is COC1CCN(c2cc(S(=O)(=O)N(C)C)ccc2N)CC1. The Kier molecular flexibility index (Phi) is 4.75. The van der Waals surface area contributed by atoms with E-state index in [0.29, 0.717) is 5.69 Å². The second kappa shape index (κ2) is 6.21. The van der Waals surface area contributed by atoms with Crippen LogP contribution >= 0.6 is 0 Å². The molecule has 1 heterocycles. The molecule has 6 nitrogen and oxygen atoms in total. The Bertz CT molecular complexity index is 593. The predicted molar refractivity (Wildman–Crippen MR) is 84.0 cm³/mol. The predicted octanol–water partition coefficient (Wildman–Crippen LogP) is 1.13. The van der Waals surface area contributed by atoms with Crippen molar-refractivity contribution in [2.45, 2.75) is 23.8 Å². The molecule has 2 N–H and O–H groups in total. The molecule has 0 bridgehead atoms. The average Bonchev–Trinajstić information content (AvgIpc) is 2.47. The number of ether oxygens (including phenoxy) is 1. The molecule has 1 aliphatic heterocycles. The Morgan fingerprint density at radius 2 is 1.90 bits per heavy atom. The fraction of sp³-hybridized carbons (Fsp3) is 0.571. The van der Waals surface area contributed by atoms with Crippen LogP contribution in [-0.2, 0) is 14.8 Å². The van der Waals surface area contributed by atoms with Crippen molar-refractivity contribution in [2.75, 3.05) is 44.9 Å². The van der Waals surface area contributed by atoms with Gasteiger partial charge in [-0.3, -0.25) is 0 Å². The molecule has 7 heteroatoms. The minimum atomic E-state index is -3.44.